The Morgan fingerprint density at radius 2 is 1.87 bits per heavy atom. The minimum absolute atomic E-state index is 0.0786. The molecule has 15 heavy (non-hydrogen) atoms. The van der Waals surface area contributed by atoms with Gasteiger partial charge in [-0.3, -0.25) is 0 Å². The maximum atomic E-state index is 8.86. The van der Waals surface area contributed by atoms with Gasteiger partial charge in [0.25, 0.3) is 0 Å². The van der Waals surface area contributed by atoms with Crippen molar-refractivity contribution in [3.63, 3.8) is 0 Å². The third kappa shape index (κ3) is 3.60. The molecule has 0 spiro atoms. The van der Waals surface area contributed by atoms with Gasteiger partial charge < -0.3 is 0 Å². The van der Waals surface area contributed by atoms with Crippen molar-refractivity contribution in [2.45, 2.75) is 43.3 Å². The molecule has 0 fully saturated rings. The summed E-state index contributed by atoms with van der Waals surface area (Å²) in [4.78, 5) is 1.19. The van der Waals surface area contributed by atoms with Gasteiger partial charge in [-0.25, -0.2) is 0 Å². The van der Waals surface area contributed by atoms with Crippen molar-refractivity contribution in [2.24, 2.45) is 0 Å². The van der Waals surface area contributed by atoms with E-state index >= 15 is 0 Å². The highest BCUT2D eigenvalue weighted by Gasteiger charge is 2.06. The molecule has 1 unspecified atom stereocenters. The molecule has 1 aromatic carbocycles. The summed E-state index contributed by atoms with van der Waals surface area (Å²) in [6.45, 7) is 6.42. The predicted octanol–water partition coefficient (Wildman–Crippen LogP) is 4.20. The number of thioether (sulfide) groups is 1. The van der Waals surface area contributed by atoms with E-state index in [0.29, 0.717) is 5.92 Å². The van der Waals surface area contributed by atoms with Crippen LogP contribution in [0.1, 0.15) is 38.7 Å². The fourth-order valence-corrected chi connectivity index (χ4v) is 2.14. The Bertz CT molecular complexity index is 335. The monoisotopic (exact) mass is 219 g/mol. The van der Waals surface area contributed by atoms with Crippen molar-refractivity contribution in [3.8, 4) is 6.07 Å². The first-order chi connectivity index (χ1) is 7.17. The van der Waals surface area contributed by atoms with Crippen LogP contribution < -0.4 is 0 Å². The quantitative estimate of drug-likeness (QED) is 0.708. The SMILES string of the molecule is CCC(C#N)Sc1ccc(C(C)C)cc1. The molecule has 0 saturated carbocycles. The van der Waals surface area contributed by atoms with Crippen molar-refractivity contribution < 1.29 is 0 Å². The zero-order valence-corrected chi connectivity index (χ0v) is 10.3. The van der Waals surface area contributed by atoms with E-state index in [1.54, 1.807) is 11.8 Å². The van der Waals surface area contributed by atoms with Crippen LogP contribution in [0.5, 0.6) is 0 Å². The second kappa shape index (κ2) is 5.82. The predicted molar refractivity (Wildman–Crippen MR) is 66.1 cm³/mol. The van der Waals surface area contributed by atoms with Crippen LogP contribution in [0.15, 0.2) is 29.2 Å². The number of nitrogens with zero attached hydrogens (tertiary/aromatic N) is 1. The number of hydrogen-bond acceptors (Lipinski definition) is 2. The highest BCUT2D eigenvalue weighted by Crippen LogP contribution is 2.26. The summed E-state index contributed by atoms with van der Waals surface area (Å²) in [6.07, 6.45) is 0.896. The van der Waals surface area contributed by atoms with Gasteiger partial charge in [0.1, 0.15) is 0 Å². The molecule has 0 radical (unpaired) electrons. The Morgan fingerprint density at radius 1 is 1.27 bits per heavy atom. The molecule has 1 nitrogen and oxygen atoms in total. The van der Waals surface area contributed by atoms with Gasteiger partial charge in [0.15, 0.2) is 0 Å². The number of nitriles is 1. The summed E-state index contributed by atoms with van der Waals surface area (Å²) in [7, 11) is 0. The van der Waals surface area contributed by atoms with E-state index in [2.05, 4.69) is 44.2 Å². The molecule has 0 amide bonds. The van der Waals surface area contributed by atoms with E-state index in [-0.39, 0.29) is 5.25 Å². The lowest BCUT2D eigenvalue weighted by Crippen LogP contribution is -1.95. The molecular weight excluding hydrogens is 202 g/mol. The van der Waals surface area contributed by atoms with Crippen LogP contribution in [0.2, 0.25) is 0 Å². The smallest absolute Gasteiger partial charge is 0.0961 e. The minimum atomic E-state index is 0.0786. The first-order valence-corrected chi connectivity index (χ1v) is 6.21. The zero-order chi connectivity index (χ0) is 11.3. The Hall–Kier alpha value is -0.940. The molecule has 0 aliphatic carbocycles. The van der Waals surface area contributed by atoms with Gasteiger partial charge in [0, 0.05) is 4.90 Å². The van der Waals surface area contributed by atoms with Crippen LogP contribution >= 0.6 is 11.8 Å². The average Bonchev–Trinajstić information content (AvgIpc) is 2.26. The van der Waals surface area contributed by atoms with Gasteiger partial charge in [-0.1, -0.05) is 32.9 Å². The number of rotatable bonds is 4. The highest BCUT2D eigenvalue weighted by molar-refractivity contribution is 8.00. The molecule has 1 atom stereocenters. The lowest BCUT2D eigenvalue weighted by molar-refractivity contribution is 0.864. The Kier molecular flexibility index (Phi) is 4.71. The summed E-state index contributed by atoms with van der Waals surface area (Å²) in [5, 5.41) is 8.94. The van der Waals surface area contributed by atoms with Crippen LogP contribution in [0.3, 0.4) is 0 Å². The summed E-state index contributed by atoms with van der Waals surface area (Å²) in [6, 6.07) is 10.8. The molecular formula is C13H17NS. The molecule has 2 heteroatoms. The van der Waals surface area contributed by atoms with Crippen molar-refractivity contribution >= 4 is 11.8 Å². The van der Waals surface area contributed by atoms with Gasteiger partial charge >= 0.3 is 0 Å². The first-order valence-electron chi connectivity index (χ1n) is 5.33. The average molecular weight is 219 g/mol. The summed E-state index contributed by atoms with van der Waals surface area (Å²) in [5.41, 5.74) is 1.35. The lowest BCUT2D eigenvalue weighted by Gasteiger charge is -2.08. The van der Waals surface area contributed by atoms with E-state index in [1.165, 1.54) is 10.5 Å². The largest absolute Gasteiger partial charge is 0.197 e. The van der Waals surface area contributed by atoms with Gasteiger partial charge in [-0.2, -0.15) is 5.26 Å². The molecule has 1 aromatic rings. The van der Waals surface area contributed by atoms with Crippen LogP contribution in [0.25, 0.3) is 0 Å². The highest BCUT2D eigenvalue weighted by atomic mass is 32.2. The van der Waals surface area contributed by atoms with Crippen molar-refractivity contribution in [2.75, 3.05) is 0 Å². The molecule has 0 bridgehead atoms. The molecule has 1 rings (SSSR count). The Morgan fingerprint density at radius 3 is 2.27 bits per heavy atom. The molecule has 0 N–H and O–H groups in total. The molecule has 0 heterocycles. The third-order valence-electron chi connectivity index (χ3n) is 2.34. The summed E-state index contributed by atoms with van der Waals surface area (Å²) < 4.78 is 0. The topological polar surface area (TPSA) is 23.8 Å². The van der Waals surface area contributed by atoms with E-state index in [9.17, 15) is 0 Å². The molecule has 80 valence electrons. The molecule has 0 aromatic heterocycles. The zero-order valence-electron chi connectivity index (χ0n) is 9.53. The van der Waals surface area contributed by atoms with Crippen LogP contribution in [0.4, 0.5) is 0 Å². The van der Waals surface area contributed by atoms with Crippen LogP contribution in [-0.2, 0) is 0 Å². The maximum Gasteiger partial charge on any atom is 0.0961 e. The van der Waals surface area contributed by atoms with Crippen LogP contribution in [0, 0.1) is 11.3 Å². The second-order valence-electron chi connectivity index (χ2n) is 3.87. The summed E-state index contributed by atoms with van der Waals surface area (Å²) in [5.74, 6) is 0.571. The van der Waals surface area contributed by atoms with Gasteiger partial charge in [0.05, 0.1) is 11.3 Å². The fraction of sp³-hybridized carbons (Fsp3) is 0.462. The van der Waals surface area contributed by atoms with Gasteiger partial charge in [-0.05, 0) is 30.0 Å². The van der Waals surface area contributed by atoms with Crippen molar-refractivity contribution in [1.29, 1.82) is 5.26 Å². The Labute approximate surface area is 96.5 Å². The molecule has 0 aliphatic rings. The standard InChI is InChI=1S/C13H17NS/c1-4-12(9-14)15-13-7-5-11(6-8-13)10(2)3/h5-8,10,12H,4H2,1-3H3. The van der Waals surface area contributed by atoms with E-state index in [4.69, 9.17) is 5.26 Å². The first kappa shape index (κ1) is 12.1. The van der Waals surface area contributed by atoms with E-state index in [0.717, 1.165) is 6.42 Å². The second-order valence-corrected chi connectivity index (χ2v) is 5.14. The van der Waals surface area contributed by atoms with Crippen LogP contribution in [-0.4, -0.2) is 5.25 Å². The fourth-order valence-electron chi connectivity index (χ4n) is 1.30. The van der Waals surface area contributed by atoms with Gasteiger partial charge in [-0.15, -0.1) is 11.8 Å². The molecule has 0 saturated heterocycles. The maximum absolute atomic E-state index is 8.86. The minimum Gasteiger partial charge on any atom is -0.197 e. The Balaban J connectivity index is 2.69. The van der Waals surface area contributed by atoms with Gasteiger partial charge in [0.2, 0.25) is 0 Å². The van der Waals surface area contributed by atoms with Crippen molar-refractivity contribution in [1.82, 2.24) is 0 Å². The number of benzene rings is 1. The van der Waals surface area contributed by atoms with Crippen molar-refractivity contribution in [3.05, 3.63) is 29.8 Å². The third-order valence-corrected chi connectivity index (χ3v) is 3.61. The summed E-state index contributed by atoms with van der Waals surface area (Å²) >= 11 is 1.65. The van der Waals surface area contributed by atoms with E-state index < -0.39 is 0 Å². The molecule has 0 aliphatic heterocycles. The lowest BCUT2D eigenvalue weighted by atomic mass is 10.0. The number of hydrogen-bond donors (Lipinski definition) is 0. The van der Waals surface area contributed by atoms with E-state index in [1.807, 2.05) is 6.92 Å². The normalized spacial score (nSPS) is 12.5.